The predicted octanol–water partition coefficient (Wildman–Crippen LogP) is 1.36. The van der Waals surface area contributed by atoms with Crippen molar-refractivity contribution in [1.82, 2.24) is 20.4 Å². The van der Waals surface area contributed by atoms with E-state index in [1.54, 1.807) is 25.1 Å². The molecule has 0 saturated carbocycles. The van der Waals surface area contributed by atoms with Crippen LogP contribution in [0.25, 0.3) is 0 Å². The molecule has 17 heavy (non-hydrogen) atoms. The fraction of sp³-hybridized carbons (Fsp3) is 0.200. The van der Waals surface area contributed by atoms with Crippen LogP contribution in [0.15, 0.2) is 22.7 Å². The molecular weight excluding hydrogens is 244 g/mol. The fourth-order valence-corrected chi connectivity index (χ4v) is 1.36. The average Bonchev–Trinajstić information content (AvgIpc) is 2.72. The Morgan fingerprint density at radius 2 is 2.29 bits per heavy atom. The van der Waals surface area contributed by atoms with Crippen LogP contribution in [0, 0.1) is 6.92 Å². The highest BCUT2D eigenvalue weighted by atomic mass is 35.5. The van der Waals surface area contributed by atoms with Gasteiger partial charge in [-0.3, -0.25) is 4.79 Å². The van der Waals surface area contributed by atoms with Crippen LogP contribution >= 0.6 is 11.6 Å². The highest BCUT2D eigenvalue weighted by Gasteiger charge is 2.09. The Bertz CT molecular complexity index is 541. The Morgan fingerprint density at radius 1 is 1.47 bits per heavy atom. The zero-order valence-corrected chi connectivity index (χ0v) is 9.73. The Kier molecular flexibility index (Phi) is 3.34. The maximum Gasteiger partial charge on any atom is 0.270 e. The smallest absolute Gasteiger partial charge is 0.270 e. The maximum absolute atomic E-state index is 11.7. The zero-order valence-electron chi connectivity index (χ0n) is 8.98. The molecule has 7 heteroatoms. The number of carbonyl (C=O) groups excluding carboxylic acids is 1. The molecule has 88 valence electrons. The van der Waals surface area contributed by atoms with Gasteiger partial charge in [0, 0.05) is 0 Å². The van der Waals surface area contributed by atoms with Crippen molar-refractivity contribution in [2.24, 2.45) is 0 Å². The number of nitrogens with zero attached hydrogens (tertiary/aromatic N) is 3. The van der Waals surface area contributed by atoms with Crippen LogP contribution in [-0.4, -0.2) is 21.0 Å². The molecule has 2 heterocycles. The lowest BCUT2D eigenvalue weighted by molar-refractivity contribution is 0.0941. The molecule has 0 bridgehead atoms. The molecule has 0 saturated heterocycles. The number of pyridine rings is 1. The third kappa shape index (κ3) is 3.01. The minimum Gasteiger partial charge on any atom is -0.342 e. The lowest BCUT2D eigenvalue weighted by Gasteiger charge is -2.01. The molecule has 1 amide bonds. The molecule has 0 aliphatic carbocycles. The van der Waals surface area contributed by atoms with E-state index in [1.165, 1.54) is 0 Å². The van der Waals surface area contributed by atoms with Crippen LogP contribution in [0.1, 0.15) is 22.2 Å². The summed E-state index contributed by atoms with van der Waals surface area (Å²) in [6, 6.07) is 4.82. The van der Waals surface area contributed by atoms with Gasteiger partial charge in [0.25, 0.3) is 5.91 Å². The van der Waals surface area contributed by atoms with E-state index < -0.39 is 0 Å². The molecule has 2 rings (SSSR count). The molecule has 2 aromatic rings. The minimum absolute atomic E-state index is 0.161. The summed E-state index contributed by atoms with van der Waals surface area (Å²) < 4.78 is 4.85. The van der Waals surface area contributed by atoms with Crippen LogP contribution in [0.2, 0.25) is 5.15 Å². The second kappa shape index (κ2) is 4.92. The first-order chi connectivity index (χ1) is 8.15. The minimum atomic E-state index is -0.344. The second-order valence-corrected chi connectivity index (χ2v) is 3.65. The summed E-state index contributed by atoms with van der Waals surface area (Å²) in [6.07, 6.45) is 0. The van der Waals surface area contributed by atoms with Gasteiger partial charge in [0.15, 0.2) is 5.82 Å². The molecular formula is C10H9ClN4O2. The largest absolute Gasteiger partial charge is 0.342 e. The number of carbonyl (C=O) groups is 1. The van der Waals surface area contributed by atoms with E-state index in [-0.39, 0.29) is 23.3 Å². The number of halogens is 1. The van der Waals surface area contributed by atoms with E-state index >= 15 is 0 Å². The van der Waals surface area contributed by atoms with Crippen molar-refractivity contribution in [3.63, 3.8) is 0 Å². The molecule has 0 aromatic carbocycles. The zero-order chi connectivity index (χ0) is 12.3. The molecule has 0 fully saturated rings. The SMILES string of the molecule is Cc1noc(CNC(=O)c2cccc(Cl)n2)n1. The summed E-state index contributed by atoms with van der Waals surface area (Å²) in [5, 5.41) is 6.48. The predicted molar refractivity (Wildman–Crippen MR) is 59.5 cm³/mol. The average molecular weight is 253 g/mol. The van der Waals surface area contributed by atoms with Crippen molar-refractivity contribution < 1.29 is 9.32 Å². The van der Waals surface area contributed by atoms with Gasteiger partial charge in [-0.1, -0.05) is 22.8 Å². The normalized spacial score (nSPS) is 10.2. The monoisotopic (exact) mass is 252 g/mol. The topological polar surface area (TPSA) is 80.9 Å². The van der Waals surface area contributed by atoms with E-state index in [1.807, 2.05) is 0 Å². The first-order valence-corrected chi connectivity index (χ1v) is 5.23. The van der Waals surface area contributed by atoms with Gasteiger partial charge in [-0.2, -0.15) is 4.98 Å². The fourth-order valence-electron chi connectivity index (χ4n) is 1.19. The molecule has 1 N–H and O–H groups in total. The van der Waals surface area contributed by atoms with Gasteiger partial charge in [0.2, 0.25) is 5.89 Å². The Labute approximate surface area is 102 Å². The third-order valence-corrected chi connectivity index (χ3v) is 2.13. The summed E-state index contributed by atoms with van der Waals surface area (Å²) >= 11 is 5.68. The number of aryl methyl sites for hydroxylation is 1. The molecule has 0 aliphatic rings. The highest BCUT2D eigenvalue weighted by Crippen LogP contribution is 2.05. The van der Waals surface area contributed by atoms with Crippen molar-refractivity contribution in [2.45, 2.75) is 13.5 Å². The molecule has 0 radical (unpaired) electrons. The molecule has 0 unspecified atom stereocenters. The first kappa shape index (κ1) is 11.5. The van der Waals surface area contributed by atoms with Crippen molar-refractivity contribution in [3.8, 4) is 0 Å². The second-order valence-electron chi connectivity index (χ2n) is 3.26. The van der Waals surface area contributed by atoms with Gasteiger partial charge in [0.05, 0.1) is 6.54 Å². The van der Waals surface area contributed by atoms with Gasteiger partial charge < -0.3 is 9.84 Å². The lowest BCUT2D eigenvalue weighted by Crippen LogP contribution is -2.23. The van der Waals surface area contributed by atoms with Crippen molar-refractivity contribution in [3.05, 3.63) is 40.8 Å². The Hall–Kier alpha value is -1.95. The summed E-state index contributed by atoms with van der Waals surface area (Å²) in [4.78, 5) is 19.5. The van der Waals surface area contributed by atoms with Crippen LogP contribution in [-0.2, 0) is 6.54 Å². The van der Waals surface area contributed by atoms with Crippen LogP contribution in [0.5, 0.6) is 0 Å². The van der Waals surface area contributed by atoms with Crippen LogP contribution < -0.4 is 5.32 Å². The summed E-state index contributed by atoms with van der Waals surface area (Å²) in [7, 11) is 0. The summed E-state index contributed by atoms with van der Waals surface area (Å²) in [5.74, 6) is 0.524. The van der Waals surface area contributed by atoms with Gasteiger partial charge >= 0.3 is 0 Å². The van der Waals surface area contributed by atoms with Gasteiger partial charge in [-0.15, -0.1) is 0 Å². The van der Waals surface area contributed by atoms with Crippen LogP contribution in [0.3, 0.4) is 0 Å². The van der Waals surface area contributed by atoms with E-state index in [9.17, 15) is 4.79 Å². The quantitative estimate of drug-likeness (QED) is 0.834. The highest BCUT2D eigenvalue weighted by molar-refractivity contribution is 6.29. The number of hydrogen-bond acceptors (Lipinski definition) is 5. The van der Waals surface area contributed by atoms with Gasteiger partial charge in [-0.25, -0.2) is 4.98 Å². The number of hydrogen-bond donors (Lipinski definition) is 1. The van der Waals surface area contributed by atoms with Crippen molar-refractivity contribution in [2.75, 3.05) is 0 Å². The molecule has 0 atom stereocenters. The number of rotatable bonds is 3. The van der Waals surface area contributed by atoms with E-state index in [0.29, 0.717) is 11.7 Å². The van der Waals surface area contributed by atoms with E-state index in [4.69, 9.17) is 16.1 Å². The van der Waals surface area contributed by atoms with Crippen molar-refractivity contribution >= 4 is 17.5 Å². The third-order valence-electron chi connectivity index (χ3n) is 1.92. The molecule has 0 aliphatic heterocycles. The van der Waals surface area contributed by atoms with E-state index in [0.717, 1.165) is 0 Å². The molecule has 0 spiro atoms. The van der Waals surface area contributed by atoms with Gasteiger partial charge in [-0.05, 0) is 19.1 Å². The number of amides is 1. The van der Waals surface area contributed by atoms with Gasteiger partial charge in [0.1, 0.15) is 10.8 Å². The number of nitrogens with one attached hydrogen (secondary N) is 1. The van der Waals surface area contributed by atoms with Crippen molar-refractivity contribution in [1.29, 1.82) is 0 Å². The first-order valence-electron chi connectivity index (χ1n) is 4.85. The Morgan fingerprint density at radius 3 is 2.94 bits per heavy atom. The molecule has 2 aromatic heterocycles. The lowest BCUT2D eigenvalue weighted by atomic mass is 10.3. The maximum atomic E-state index is 11.7. The summed E-state index contributed by atoms with van der Waals surface area (Å²) in [6.45, 7) is 1.86. The van der Waals surface area contributed by atoms with Crippen LogP contribution in [0.4, 0.5) is 0 Å². The number of aromatic nitrogens is 3. The van der Waals surface area contributed by atoms with E-state index in [2.05, 4.69) is 20.4 Å². The summed E-state index contributed by atoms with van der Waals surface area (Å²) in [5.41, 5.74) is 0.244. The molecule has 6 nitrogen and oxygen atoms in total. The standard InChI is InChI=1S/C10H9ClN4O2/c1-6-13-9(17-15-6)5-12-10(16)7-3-2-4-8(11)14-7/h2-4H,5H2,1H3,(H,12,16). The Balaban J connectivity index is 1.98.